The van der Waals surface area contributed by atoms with E-state index in [1.54, 1.807) is 0 Å². The third kappa shape index (κ3) is 1.41. The molecule has 4 rings (SSSR count). The normalized spacial score (nSPS) is 43.3. The third-order valence-corrected chi connectivity index (χ3v) is 6.76. The van der Waals surface area contributed by atoms with Gasteiger partial charge >= 0.3 is 5.97 Å². The van der Waals surface area contributed by atoms with E-state index in [1.165, 1.54) is 6.42 Å². The summed E-state index contributed by atoms with van der Waals surface area (Å²) in [4.78, 5) is 12.9. The maximum atomic E-state index is 12.9. The van der Waals surface area contributed by atoms with Crippen LogP contribution in [0.15, 0.2) is 24.3 Å². The van der Waals surface area contributed by atoms with Gasteiger partial charge in [0.05, 0.1) is 6.61 Å². The SMILES string of the molecule is Cc1ccc(OC(=O)C23CC4CCC2(C)C4(C)CO3)cc1. The molecule has 4 bridgehead atoms. The van der Waals surface area contributed by atoms with Gasteiger partial charge in [0.15, 0.2) is 5.60 Å². The molecule has 0 spiro atoms. The van der Waals surface area contributed by atoms with E-state index in [0.717, 1.165) is 18.4 Å². The van der Waals surface area contributed by atoms with Crippen LogP contribution in [0.3, 0.4) is 0 Å². The highest BCUT2D eigenvalue weighted by molar-refractivity contribution is 5.85. The van der Waals surface area contributed by atoms with Crippen molar-refractivity contribution in [2.75, 3.05) is 6.61 Å². The molecule has 3 nitrogen and oxygen atoms in total. The topological polar surface area (TPSA) is 35.5 Å². The van der Waals surface area contributed by atoms with Gasteiger partial charge in [0.25, 0.3) is 0 Å². The first-order chi connectivity index (χ1) is 9.91. The zero-order valence-corrected chi connectivity index (χ0v) is 12.9. The van der Waals surface area contributed by atoms with E-state index in [1.807, 2.05) is 31.2 Å². The molecule has 4 unspecified atom stereocenters. The second-order valence-corrected chi connectivity index (χ2v) is 7.51. The van der Waals surface area contributed by atoms with Crippen LogP contribution in [0.1, 0.15) is 38.7 Å². The molecule has 3 aliphatic rings. The fourth-order valence-corrected chi connectivity index (χ4v) is 5.01. The van der Waals surface area contributed by atoms with Gasteiger partial charge in [-0.05, 0) is 44.2 Å². The van der Waals surface area contributed by atoms with Gasteiger partial charge in [0, 0.05) is 10.8 Å². The Morgan fingerprint density at radius 3 is 2.62 bits per heavy atom. The Morgan fingerprint density at radius 1 is 1.29 bits per heavy atom. The summed E-state index contributed by atoms with van der Waals surface area (Å²) in [5, 5.41) is 0. The molecule has 1 saturated heterocycles. The number of hydrogen-bond acceptors (Lipinski definition) is 3. The molecule has 0 radical (unpaired) electrons. The maximum Gasteiger partial charge on any atom is 0.344 e. The smallest absolute Gasteiger partial charge is 0.344 e. The van der Waals surface area contributed by atoms with Gasteiger partial charge in [0.2, 0.25) is 0 Å². The Bertz CT molecular complexity index is 607. The van der Waals surface area contributed by atoms with E-state index >= 15 is 0 Å². The molecule has 3 heteroatoms. The van der Waals surface area contributed by atoms with Crippen molar-refractivity contribution in [3.63, 3.8) is 0 Å². The standard InChI is InChI=1S/C18H22O3/c1-12-4-6-14(7-5-12)21-15(19)18-10-13-8-9-17(18,3)16(13,2)11-20-18/h4-7,13H,8-11H2,1-3H3. The summed E-state index contributed by atoms with van der Waals surface area (Å²) in [6.07, 6.45) is 3.11. The molecule has 1 aromatic rings. The molecule has 2 saturated carbocycles. The minimum atomic E-state index is -0.727. The highest BCUT2D eigenvalue weighted by Crippen LogP contribution is 2.75. The summed E-state index contributed by atoms with van der Waals surface area (Å²) in [5.74, 6) is 1.02. The summed E-state index contributed by atoms with van der Waals surface area (Å²) in [6, 6.07) is 7.63. The number of aryl methyl sites for hydroxylation is 1. The highest BCUT2D eigenvalue weighted by atomic mass is 16.6. The van der Waals surface area contributed by atoms with Crippen molar-refractivity contribution < 1.29 is 14.3 Å². The number of esters is 1. The molecule has 0 N–H and O–H groups in total. The quantitative estimate of drug-likeness (QED) is 0.616. The molecule has 2 aliphatic carbocycles. The number of benzene rings is 1. The third-order valence-electron chi connectivity index (χ3n) is 6.76. The highest BCUT2D eigenvalue weighted by Gasteiger charge is 2.79. The monoisotopic (exact) mass is 286 g/mol. The van der Waals surface area contributed by atoms with Gasteiger partial charge in [-0.1, -0.05) is 31.5 Å². The molecule has 1 heterocycles. The molecule has 4 atom stereocenters. The zero-order chi connectivity index (χ0) is 14.9. The van der Waals surface area contributed by atoms with Crippen molar-refractivity contribution in [2.24, 2.45) is 16.7 Å². The summed E-state index contributed by atoms with van der Waals surface area (Å²) in [5.41, 5.74) is 0.492. The van der Waals surface area contributed by atoms with Crippen molar-refractivity contribution in [2.45, 2.75) is 45.6 Å². The first-order valence-corrected chi connectivity index (χ1v) is 7.84. The molecular formula is C18H22O3. The van der Waals surface area contributed by atoms with Crippen molar-refractivity contribution in [3.05, 3.63) is 29.8 Å². The van der Waals surface area contributed by atoms with Crippen LogP contribution in [0.4, 0.5) is 0 Å². The Hall–Kier alpha value is -1.35. The molecule has 0 amide bonds. The lowest BCUT2D eigenvalue weighted by Crippen LogP contribution is -2.52. The summed E-state index contributed by atoms with van der Waals surface area (Å²) >= 11 is 0. The van der Waals surface area contributed by atoms with Crippen LogP contribution >= 0.6 is 0 Å². The van der Waals surface area contributed by atoms with Crippen LogP contribution < -0.4 is 4.74 Å². The number of carbonyl (C=O) groups excluding carboxylic acids is 1. The summed E-state index contributed by atoms with van der Waals surface area (Å²) < 4.78 is 11.7. The second-order valence-electron chi connectivity index (χ2n) is 7.51. The summed E-state index contributed by atoms with van der Waals surface area (Å²) in [6.45, 7) is 7.23. The first kappa shape index (κ1) is 13.3. The Balaban J connectivity index is 1.65. The lowest BCUT2D eigenvalue weighted by molar-refractivity contribution is -0.171. The summed E-state index contributed by atoms with van der Waals surface area (Å²) in [7, 11) is 0. The lowest BCUT2D eigenvalue weighted by Gasteiger charge is -2.38. The molecule has 0 aromatic heterocycles. The van der Waals surface area contributed by atoms with Gasteiger partial charge in [-0.3, -0.25) is 0 Å². The first-order valence-electron chi connectivity index (χ1n) is 7.84. The van der Waals surface area contributed by atoms with Gasteiger partial charge < -0.3 is 9.47 Å². The van der Waals surface area contributed by atoms with E-state index in [4.69, 9.17) is 9.47 Å². The van der Waals surface area contributed by atoms with E-state index in [9.17, 15) is 4.79 Å². The molecule has 3 fully saturated rings. The van der Waals surface area contributed by atoms with Crippen LogP contribution in [-0.2, 0) is 9.53 Å². The second kappa shape index (κ2) is 3.89. The van der Waals surface area contributed by atoms with Crippen molar-refractivity contribution in [1.82, 2.24) is 0 Å². The van der Waals surface area contributed by atoms with E-state index < -0.39 is 5.60 Å². The average molecular weight is 286 g/mol. The molecule has 1 aliphatic heterocycles. The van der Waals surface area contributed by atoms with Gasteiger partial charge in [0.1, 0.15) is 5.75 Å². The maximum absolute atomic E-state index is 12.9. The minimum absolute atomic E-state index is 0.0769. The number of rotatable bonds is 2. The van der Waals surface area contributed by atoms with Gasteiger partial charge in [-0.15, -0.1) is 0 Å². The number of carbonyl (C=O) groups is 1. The Morgan fingerprint density at radius 2 is 2.00 bits per heavy atom. The van der Waals surface area contributed by atoms with Crippen molar-refractivity contribution in [1.29, 1.82) is 0 Å². The van der Waals surface area contributed by atoms with Crippen molar-refractivity contribution >= 4 is 5.97 Å². The molecule has 112 valence electrons. The molecular weight excluding hydrogens is 264 g/mol. The van der Waals surface area contributed by atoms with Crippen LogP contribution in [0.25, 0.3) is 0 Å². The van der Waals surface area contributed by atoms with E-state index in [0.29, 0.717) is 18.3 Å². The fourth-order valence-electron chi connectivity index (χ4n) is 5.01. The van der Waals surface area contributed by atoms with E-state index in [-0.39, 0.29) is 16.8 Å². The van der Waals surface area contributed by atoms with Crippen LogP contribution in [0, 0.1) is 23.7 Å². The predicted molar refractivity (Wildman–Crippen MR) is 79.1 cm³/mol. The number of ether oxygens (including phenoxy) is 2. The largest absolute Gasteiger partial charge is 0.424 e. The van der Waals surface area contributed by atoms with Gasteiger partial charge in [-0.2, -0.15) is 0 Å². The van der Waals surface area contributed by atoms with Crippen LogP contribution in [-0.4, -0.2) is 18.2 Å². The Labute approximate surface area is 125 Å². The van der Waals surface area contributed by atoms with Crippen LogP contribution in [0.5, 0.6) is 5.75 Å². The minimum Gasteiger partial charge on any atom is -0.424 e. The molecule has 21 heavy (non-hydrogen) atoms. The van der Waals surface area contributed by atoms with Gasteiger partial charge in [-0.25, -0.2) is 4.79 Å². The van der Waals surface area contributed by atoms with Crippen LogP contribution in [0.2, 0.25) is 0 Å². The zero-order valence-electron chi connectivity index (χ0n) is 12.9. The molecule has 1 aromatic carbocycles. The van der Waals surface area contributed by atoms with E-state index in [2.05, 4.69) is 13.8 Å². The Kier molecular flexibility index (Phi) is 2.47. The number of hydrogen-bond donors (Lipinski definition) is 0. The predicted octanol–water partition coefficient (Wildman–Crippen LogP) is 3.50. The lowest BCUT2D eigenvalue weighted by atomic mass is 9.66. The average Bonchev–Trinajstić information content (AvgIpc) is 2.93. The van der Waals surface area contributed by atoms with Crippen molar-refractivity contribution in [3.8, 4) is 5.75 Å². The fraction of sp³-hybridized carbons (Fsp3) is 0.611.